The van der Waals surface area contributed by atoms with Crippen LogP contribution in [0.5, 0.6) is 0 Å². The van der Waals surface area contributed by atoms with Gasteiger partial charge in [0.25, 0.3) is 11.6 Å². The maximum Gasteiger partial charge on any atom is 0.439 e. The molecule has 2 aliphatic rings. The van der Waals surface area contributed by atoms with Crippen molar-refractivity contribution in [3.05, 3.63) is 34.3 Å². The summed E-state index contributed by atoms with van der Waals surface area (Å²) in [5.74, 6) is -2.08. The van der Waals surface area contributed by atoms with Gasteiger partial charge < -0.3 is 5.11 Å². The Morgan fingerprint density at radius 3 is 2.60 bits per heavy atom. The molecule has 3 unspecified atom stereocenters. The zero-order valence-electron chi connectivity index (χ0n) is 13.6. The summed E-state index contributed by atoms with van der Waals surface area (Å²) < 4.78 is 42.1. The molecule has 1 aliphatic heterocycles. The molecule has 3 rings (SSSR count). The highest BCUT2D eigenvalue weighted by Gasteiger charge is 2.68. The molecule has 0 saturated heterocycles. The molecule has 1 fully saturated rings. The first-order valence-electron chi connectivity index (χ1n) is 8.15. The van der Waals surface area contributed by atoms with E-state index in [9.17, 15) is 23.1 Å². The number of halogens is 4. The van der Waals surface area contributed by atoms with E-state index in [1.54, 1.807) is 12.1 Å². The Morgan fingerprint density at radius 2 is 2.04 bits per heavy atom. The second kappa shape index (κ2) is 6.39. The molecular formula is C17H18BrF3N2O2. The van der Waals surface area contributed by atoms with Gasteiger partial charge in [-0.05, 0) is 49.4 Å². The van der Waals surface area contributed by atoms with Crippen LogP contribution in [0.25, 0.3) is 0 Å². The first-order valence-corrected chi connectivity index (χ1v) is 8.94. The monoisotopic (exact) mass is 418 g/mol. The van der Waals surface area contributed by atoms with E-state index < -0.39 is 23.7 Å². The fourth-order valence-corrected chi connectivity index (χ4v) is 3.85. The molecule has 1 heterocycles. The van der Waals surface area contributed by atoms with Gasteiger partial charge in [-0.3, -0.25) is 4.79 Å². The molecule has 0 bridgehead atoms. The van der Waals surface area contributed by atoms with E-state index in [0.29, 0.717) is 10.9 Å². The predicted octanol–water partition coefficient (Wildman–Crippen LogP) is 4.34. The summed E-state index contributed by atoms with van der Waals surface area (Å²) in [4.78, 5) is 12.7. The summed E-state index contributed by atoms with van der Waals surface area (Å²) in [6.07, 6.45) is -3.00. The average Bonchev–Trinajstić information content (AvgIpc) is 2.88. The van der Waals surface area contributed by atoms with Crippen molar-refractivity contribution < 1.29 is 23.1 Å². The standard InChI is InChI=1S/C17H18BrF3N2O2/c1-2-10-3-8-14-13(9-10)16(25,17(19,20)21)23(22-14)15(24)11-4-6-12(18)7-5-11/h4-7,10,13,25H,2-3,8-9H2,1H3. The van der Waals surface area contributed by atoms with Crippen LogP contribution in [0.3, 0.4) is 0 Å². The van der Waals surface area contributed by atoms with E-state index in [2.05, 4.69) is 21.0 Å². The lowest BCUT2D eigenvalue weighted by molar-refractivity contribution is -0.313. The number of fused-ring (bicyclic) bond motifs is 1. The van der Waals surface area contributed by atoms with Crippen LogP contribution in [0.4, 0.5) is 13.2 Å². The molecule has 25 heavy (non-hydrogen) atoms. The van der Waals surface area contributed by atoms with E-state index >= 15 is 0 Å². The molecule has 1 amide bonds. The summed E-state index contributed by atoms with van der Waals surface area (Å²) in [5.41, 5.74) is -2.99. The van der Waals surface area contributed by atoms with Gasteiger partial charge >= 0.3 is 6.18 Å². The van der Waals surface area contributed by atoms with Gasteiger partial charge in [0.2, 0.25) is 0 Å². The Hall–Kier alpha value is -1.41. The minimum Gasteiger partial charge on any atom is -0.362 e. The zero-order valence-corrected chi connectivity index (χ0v) is 15.1. The lowest BCUT2D eigenvalue weighted by atomic mass is 9.74. The van der Waals surface area contributed by atoms with E-state index in [1.807, 2.05) is 6.92 Å². The van der Waals surface area contributed by atoms with Crippen molar-refractivity contribution in [1.29, 1.82) is 0 Å². The van der Waals surface area contributed by atoms with Crippen molar-refractivity contribution in [3.63, 3.8) is 0 Å². The van der Waals surface area contributed by atoms with Crippen molar-refractivity contribution in [2.45, 2.75) is 44.5 Å². The number of aliphatic hydroxyl groups is 1. The molecule has 3 atom stereocenters. The maximum atomic E-state index is 13.8. The van der Waals surface area contributed by atoms with Crippen LogP contribution in [0.1, 0.15) is 43.0 Å². The summed E-state index contributed by atoms with van der Waals surface area (Å²) in [6.45, 7) is 1.92. The number of amides is 1. The fourth-order valence-electron chi connectivity index (χ4n) is 3.59. The van der Waals surface area contributed by atoms with E-state index in [1.165, 1.54) is 12.1 Å². The molecule has 8 heteroatoms. The van der Waals surface area contributed by atoms with Gasteiger partial charge in [0.05, 0.1) is 5.92 Å². The Morgan fingerprint density at radius 1 is 1.40 bits per heavy atom. The summed E-state index contributed by atoms with van der Waals surface area (Å²) in [5, 5.41) is 14.8. The normalized spacial score (nSPS) is 29.4. The number of carbonyl (C=O) groups excluding carboxylic acids is 1. The molecule has 0 radical (unpaired) electrons. The van der Waals surface area contributed by atoms with Crippen molar-refractivity contribution in [3.8, 4) is 0 Å². The number of hydrazone groups is 1. The van der Waals surface area contributed by atoms with E-state index in [0.717, 1.165) is 12.8 Å². The van der Waals surface area contributed by atoms with E-state index in [-0.39, 0.29) is 28.6 Å². The average molecular weight is 419 g/mol. The second-order valence-electron chi connectivity index (χ2n) is 6.54. The Kier molecular flexibility index (Phi) is 4.70. The van der Waals surface area contributed by atoms with Crippen LogP contribution in [0.15, 0.2) is 33.8 Å². The molecule has 1 N–H and O–H groups in total. The highest BCUT2D eigenvalue weighted by atomic mass is 79.9. The Labute approximate surface area is 151 Å². The number of rotatable bonds is 2. The SMILES string of the molecule is CCC1CCC2=NN(C(=O)c3ccc(Br)cc3)C(O)(C(F)(F)F)C2C1. The topological polar surface area (TPSA) is 52.9 Å². The highest BCUT2D eigenvalue weighted by Crippen LogP contribution is 2.50. The smallest absolute Gasteiger partial charge is 0.362 e. The van der Waals surface area contributed by atoms with Crippen LogP contribution in [0, 0.1) is 11.8 Å². The van der Waals surface area contributed by atoms with Gasteiger partial charge in [0, 0.05) is 15.7 Å². The van der Waals surface area contributed by atoms with Crippen molar-refractivity contribution in [2.24, 2.45) is 16.9 Å². The minimum absolute atomic E-state index is 0.0425. The highest BCUT2D eigenvalue weighted by molar-refractivity contribution is 9.10. The van der Waals surface area contributed by atoms with Gasteiger partial charge in [-0.25, -0.2) is 0 Å². The number of alkyl halides is 3. The van der Waals surface area contributed by atoms with Crippen LogP contribution < -0.4 is 0 Å². The van der Waals surface area contributed by atoms with Crippen molar-refractivity contribution in [2.75, 3.05) is 0 Å². The van der Waals surface area contributed by atoms with Crippen LogP contribution in [-0.2, 0) is 0 Å². The van der Waals surface area contributed by atoms with Gasteiger partial charge in [0.15, 0.2) is 0 Å². The molecule has 1 aromatic rings. The Balaban J connectivity index is 2.01. The van der Waals surface area contributed by atoms with Gasteiger partial charge in [-0.2, -0.15) is 23.3 Å². The molecule has 4 nitrogen and oxygen atoms in total. The third-order valence-electron chi connectivity index (χ3n) is 5.10. The first-order chi connectivity index (χ1) is 11.7. The number of hydrogen-bond donors (Lipinski definition) is 1. The fraction of sp³-hybridized carbons (Fsp3) is 0.529. The molecule has 136 valence electrons. The second-order valence-corrected chi connectivity index (χ2v) is 7.46. The minimum atomic E-state index is -5.00. The molecular weight excluding hydrogens is 401 g/mol. The van der Waals surface area contributed by atoms with Crippen molar-refractivity contribution in [1.82, 2.24) is 5.01 Å². The largest absolute Gasteiger partial charge is 0.439 e. The van der Waals surface area contributed by atoms with Crippen LogP contribution in [0.2, 0.25) is 0 Å². The molecule has 0 aromatic heterocycles. The van der Waals surface area contributed by atoms with Crippen LogP contribution >= 0.6 is 15.9 Å². The zero-order chi connectivity index (χ0) is 18.4. The lowest BCUT2D eigenvalue weighted by Crippen LogP contribution is -2.61. The predicted molar refractivity (Wildman–Crippen MR) is 89.9 cm³/mol. The number of nitrogens with zero attached hydrogens (tertiary/aromatic N) is 2. The molecule has 0 spiro atoms. The maximum absolute atomic E-state index is 13.8. The van der Waals surface area contributed by atoms with Gasteiger partial charge in [-0.15, -0.1) is 0 Å². The quantitative estimate of drug-likeness (QED) is 0.776. The molecule has 1 aromatic carbocycles. The van der Waals surface area contributed by atoms with Crippen LogP contribution in [-0.4, -0.2) is 33.6 Å². The number of carbonyl (C=O) groups is 1. The third-order valence-corrected chi connectivity index (χ3v) is 5.62. The summed E-state index contributed by atoms with van der Waals surface area (Å²) >= 11 is 3.21. The third kappa shape index (κ3) is 2.99. The van der Waals surface area contributed by atoms with Gasteiger partial charge in [0.1, 0.15) is 0 Å². The summed E-state index contributed by atoms with van der Waals surface area (Å²) in [7, 11) is 0. The first kappa shape index (κ1) is 18.4. The number of hydrogen-bond acceptors (Lipinski definition) is 3. The molecule has 1 aliphatic carbocycles. The Bertz CT molecular complexity index is 705. The summed E-state index contributed by atoms with van der Waals surface area (Å²) in [6, 6.07) is 5.92. The number of benzene rings is 1. The van der Waals surface area contributed by atoms with Crippen molar-refractivity contribution >= 4 is 27.5 Å². The lowest BCUT2D eigenvalue weighted by Gasteiger charge is -2.39. The van der Waals surface area contributed by atoms with E-state index in [4.69, 9.17) is 0 Å². The van der Waals surface area contributed by atoms with Gasteiger partial charge in [-0.1, -0.05) is 29.3 Å². The molecule has 1 saturated carbocycles.